The number of thiophene rings is 1. The molecule has 0 aliphatic heterocycles. The van der Waals surface area contributed by atoms with E-state index in [9.17, 15) is 0 Å². The molecule has 2 aromatic rings. The van der Waals surface area contributed by atoms with Gasteiger partial charge in [0.05, 0.1) is 6.04 Å². The second kappa shape index (κ2) is 6.21. The minimum absolute atomic E-state index is 0.292. The number of hydrogen-bond donors (Lipinski definition) is 1. The molecule has 102 valence electrons. The summed E-state index contributed by atoms with van der Waals surface area (Å²) in [5, 5.41) is 3.61. The van der Waals surface area contributed by atoms with Crippen LogP contribution in [0.1, 0.15) is 39.4 Å². The van der Waals surface area contributed by atoms with Crippen molar-refractivity contribution in [2.75, 3.05) is 6.54 Å². The molecule has 1 nitrogen and oxygen atoms in total. The predicted octanol–water partition coefficient (Wildman–Crippen LogP) is 5.13. The molecule has 0 saturated heterocycles. The number of halogens is 1. The van der Waals surface area contributed by atoms with Gasteiger partial charge in [0.2, 0.25) is 0 Å². The van der Waals surface area contributed by atoms with Crippen LogP contribution in [0.3, 0.4) is 0 Å². The lowest BCUT2D eigenvalue weighted by molar-refractivity contribution is 0.637. The lowest BCUT2D eigenvalue weighted by atomic mass is 10.0. The molecule has 1 unspecified atom stereocenters. The average Bonchev–Trinajstić information content (AvgIpc) is 2.69. The van der Waals surface area contributed by atoms with Crippen LogP contribution in [0.15, 0.2) is 28.7 Å². The van der Waals surface area contributed by atoms with Crippen molar-refractivity contribution in [1.82, 2.24) is 5.32 Å². The van der Waals surface area contributed by atoms with Crippen molar-refractivity contribution in [2.45, 2.75) is 33.7 Å². The molecular formula is C16H20BrNS. The molecule has 0 aliphatic carbocycles. The van der Waals surface area contributed by atoms with E-state index in [1.807, 2.05) is 11.3 Å². The van der Waals surface area contributed by atoms with Gasteiger partial charge in [-0.3, -0.25) is 0 Å². The minimum Gasteiger partial charge on any atom is -0.306 e. The molecule has 0 bridgehead atoms. The van der Waals surface area contributed by atoms with Crippen LogP contribution >= 0.6 is 27.3 Å². The van der Waals surface area contributed by atoms with E-state index in [2.05, 4.69) is 73.2 Å². The van der Waals surface area contributed by atoms with Crippen LogP contribution in [0.5, 0.6) is 0 Å². The van der Waals surface area contributed by atoms with E-state index < -0.39 is 0 Å². The Bertz CT molecular complexity index is 574. The highest BCUT2D eigenvalue weighted by Gasteiger charge is 2.18. The van der Waals surface area contributed by atoms with Crippen LogP contribution in [-0.2, 0) is 0 Å². The Kier molecular flexibility index (Phi) is 4.82. The van der Waals surface area contributed by atoms with Gasteiger partial charge in [0.25, 0.3) is 0 Å². The maximum absolute atomic E-state index is 3.64. The molecule has 3 heteroatoms. The third-order valence-electron chi connectivity index (χ3n) is 3.28. The van der Waals surface area contributed by atoms with Gasteiger partial charge in [0.15, 0.2) is 0 Å². The smallest absolute Gasteiger partial charge is 0.0674 e. The zero-order valence-electron chi connectivity index (χ0n) is 11.9. The van der Waals surface area contributed by atoms with E-state index in [-0.39, 0.29) is 0 Å². The summed E-state index contributed by atoms with van der Waals surface area (Å²) in [7, 11) is 0. The van der Waals surface area contributed by atoms with Crippen LogP contribution in [0.4, 0.5) is 0 Å². The highest BCUT2D eigenvalue weighted by molar-refractivity contribution is 9.10. The fraction of sp³-hybridized carbons (Fsp3) is 0.375. The Morgan fingerprint density at radius 3 is 2.42 bits per heavy atom. The summed E-state index contributed by atoms with van der Waals surface area (Å²) in [4.78, 5) is 2.80. The van der Waals surface area contributed by atoms with E-state index in [4.69, 9.17) is 0 Å². The van der Waals surface area contributed by atoms with E-state index in [1.54, 1.807) is 0 Å². The van der Waals surface area contributed by atoms with E-state index in [1.165, 1.54) is 30.9 Å². The maximum atomic E-state index is 3.64. The normalized spacial score (nSPS) is 12.7. The molecule has 0 spiro atoms. The molecule has 0 saturated carbocycles. The Balaban J connectivity index is 2.44. The molecule has 1 atom stereocenters. The van der Waals surface area contributed by atoms with Gasteiger partial charge >= 0.3 is 0 Å². The molecule has 1 aromatic carbocycles. The lowest BCUT2D eigenvalue weighted by Crippen LogP contribution is -2.21. The van der Waals surface area contributed by atoms with E-state index in [0.717, 1.165) is 6.54 Å². The van der Waals surface area contributed by atoms with Crippen LogP contribution in [0.2, 0.25) is 0 Å². The standard InChI is InChI=1S/C16H20BrNS/c1-5-18-15(16-11(3)8-12(4)19-16)13-7-6-10(2)14(17)9-13/h6-9,15,18H,5H2,1-4H3. The van der Waals surface area contributed by atoms with E-state index >= 15 is 0 Å². The molecular weight excluding hydrogens is 318 g/mol. The van der Waals surface area contributed by atoms with Crippen molar-refractivity contribution in [1.29, 1.82) is 0 Å². The van der Waals surface area contributed by atoms with Gasteiger partial charge in [-0.1, -0.05) is 35.0 Å². The first-order valence-electron chi connectivity index (χ1n) is 6.59. The first-order chi connectivity index (χ1) is 9.02. The topological polar surface area (TPSA) is 12.0 Å². The van der Waals surface area contributed by atoms with Gasteiger partial charge < -0.3 is 5.32 Å². The van der Waals surface area contributed by atoms with Gasteiger partial charge in [0, 0.05) is 14.2 Å². The molecule has 1 aromatic heterocycles. The zero-order chi connectivity index (χ0) is 14.0. The third-order valence-corrected chi connectivity index (χ3v) is 5.35. The monoisotopic (exact) mass is 337 g/mol. The zero-order valence-corrected chi connectivity index (χ0v) is 14.3. The quantitative estimate of drug-likeness (QED) is 0.814. The van der Waals surface area contributed by atoms with Crippen molar-refractivity contribution in [3.8, 4) is 0 Å². The summed E-state index contributed by atoms with van der Waals surface area (Å²) in [5.41, 5.74) is 3.98. The molecule has 0 aliphatic rings. The summed E-state index contributed by atoms with van der Waals surface area (Å²) in [6.07, 6.45) is 0. The molecule has 0 amide bonds. The van der Waals surface area contributed by atoms with E-state index in [0.29, 0.717) is 6.04 Å². The highest BCUT2D eigenvalue weighted by atomic mass is 79.9. The molecule has 0 fully saturated rings. The maximum Gasteiger partial charge on any atom is 0.0674 e. The Morgan fingerprint density at radius 1 is 1.16 bits per heavy atom. The van der Waals surface area contributed by atoms with Crippen LogP contribution in [-0.4, -0.2) is 6.54 Å². The van der Waals surface area contributed by atoms with Gasteiger partial charge in [-0.25, -0.2) is 0 Å². The lowest BCUT2D eigenvalue weighted by Gasteiger charge is -2.19. The first kappa shape index (κ1) is 14.8. The summed E-state index contributed by atoms with van der Waals surface area (Å²) in [6.45, 7) is 9.62. The van der Waals surface area contributed by atoms with Crippen molar-refractivity contribution < 1.29 is 0 Å². The summed E-state index contributed by atoms with van der Waals surface area (Å²) in [5.74, 6) is 0. The van der Waals surface area contributed by atoms with Crippen molar-refractivity contribution in [2.24, 2.45) is 0 Å². The average molecular weight is 338 g/mol. The largest absolute Gasteiger partial charge is 0.306 e. The number of nitrogens with one attached hydrogen (secondary N) is 1. The van der Waals surface area contributed by atoms with Crippen molar-refractivity contribution in [3.63, 3.8) is 0 Å². The number of rotatable bonds is 4. The van der Waals surface area contributed by atoms with Crippen LogP contribution in [0.25, 0.3) is 0 Å². The predicted molar refractivity (Wildman–Crippen MR) is 88.2 cm³/mol. The van der Waals surface area contributed by atoms with Gasteiger partial charge in [-0.15, -0.1) is 11.3 Å². The fourth-order valence-corrected chi connectivity index (χ4v) is 3.84. The van der Waals surface area contributed by atoms with Crippen LogP contribution < -0.4 is 5.32 Å². The second-order valence-corrected chi connectivity index (χ2v) is 7.05. The SMILES string of the molecule is CCNC(c1ccc(C)c(Br)c1)c1sc(C)cc1C. The number of benzene rings is 1. The molecule has 2 rings (SSSR count). The van der Waals surface area contributed by atoms with Gasteiger partial charge in [0.1, 0.15) is 0 Å². The number of aryl methyl sites for hydroxylation is 3. The van der Waals surface area contributed by atoms with Gasteiger partial charge in [-0.05, 0) is 56.1 Å². The second-order valence-electron chi connectivity index (χ2n) is 4.90. The molecule has 0 radical (unpaired) electrons. The van der Waals surface area contributed by atoms with Crippen molar-refractivity contribution >= 4 is 27.3 Å². The third kappa shape index (κ3) is 3.28. The molecule has 1 heterocycles. The Morgan fingerprint density at radius 2 is 1.89 bits per heavy atom. The minimum atomic E-state index is 0.292. The van der Waals surface area contributed by atoms with Crippen LogP contribution in [0, 0.1) is 20.8 Å². The summed E-state index contributed by atoms with van der Waals surface area (Å²) < 4.78 is 1.18. The Labute approximate surface area is 128 Å². The Hall–Kier alpha value is -0.640. The first-order valence-corrected chi connectivity index (χ1v) is 8.20. The van der Waals surface area contributed by atoms with Gasteiger partial charge in [-0.2, -0.15) is 0 Å². The number of hydrogen-bond acceptors (Lipinski definition) is 2. The summed E-state index contributed by atoms with van der Waals surface area (Å²) >= 11 is 5.53. The van der Waals surface area contributed by atoms with Crippen molar-refractivity contribution in [3.05, 3.63) is 55.2 Å². The molecule has 1 N–H and O–H groups in total. The fourth-order valence-electron chi connectivity index (χ4n) is 2.30. The molecule has 19 heavy (non-hydrogen) atoms. The highest BCUT2D eigenvalue weighted by Crippen LogP contribution is 2.33. The summed E-state index contributed by atoms with van der Waals surface area (Å²) in [6, 6.07) is 9.20.